The maximum Gasteiger partial charge on any atom is 0.227 e. The topological polar surface area (TPSA) is 47.4 Å². The van der Waals surface area contributed by atoms with Crippen molar-refractivity contribution in [2.45, 2.75) is 51.1 Å². The number of methoxy groups -OCH3 is 1. The van der Waals surface area contributed by atoms with Crippen LogP contribution in [0.2, 0.25) is 0 Å². The van der Waals surface area contributed by atoms with Gasteiger partial charge < -0.3 is 9.64 Å². The van der Waals surface area contributed by atoms with Gasteiger partial charge in [-0.05, 0) is 38.2 Å². The van der Waals surface area contributed by atoms with Gasteiger partial charge >= 0.3 is 0 Å². The quantitative estimate of drug-likeness (QED) is 0.786. The van der Waals surface area contributed by atoms with Gasteiger partial charge in [-0.2, -0.15) is 5.10 Å². The number of nitrogens with zero attached hydrogens (tertiary/aromatic N) is 3. The lowest BCUT2D eigenvalue weighted by atomic mass is 9.96. The third kappa shape index (κ3) is 3.40. The lowest BCUT2D eigenvalue weighted by molar-refractivity contribution is -0.132. The van der Waals surface area contributed by atoms with Gasteiger partial charge in [0.1, 0.15) is 0 Å². The molecule has 1 aliphatic carbocycles. The van der Waals surface area contributed by atoms with Crippen LogP contribution in [0.1, 0.15) is 50.3 Å². The van der Waals surface area contributed by atoms with Crippen LogP contribution in [0.15, 0.2) is 23.9 Å². The van der Waals surface area contributed by atoms with Gasteiger partial charge in [-0.15, -0.1) is 0 Å². The van der Waals surface area contributed by atoms with Gasteiger partial charge in [0.05, 0.1) is 18.3 Å². The minimum Gasteiger partial charge on any atom is -0.385 e. The highest BCUT2D eigenvalue weighted by Gasteiger charge is 2.28. The fourth-order valence-electron chi connectivity index (χ4n) is 3.42. The number of allylic oxidation sites excluding steroid dienone is 1. The molecule has 0 N–H and O–H groups in total. The Hall–Kier alpha value is -1.62. The van der Waals surface area contributed by atoms with E-state index in [1.165, 1.54) is 18.4 Å². The molecule has 2 aliphatic rings. The smallest absolute Gasteiger partial charge is 0.227 e. The number of carbonyl (C=O) groups is 1. The van der Waals surface area contributed by atoms with Crippen LogP contribution in [-0.2, 0) is 16.1 Å². The lowest BCUT2D eigenvalue weighted by Gasteiger charge is -2.34. The molecule has 0 saturated heterocycles. The van der Waals surface area contributed by atoms with Gasteiger partial charge in [-0.3, -0.25) is 9.48 Å². The molecule has 1 amide bonds. The van der Waals surface area contributed by atoms with E-state index < -0.39 is 0 Å². The van der Waals surface area contributed by atoms with Crippen molar-refractivity contribution in [3.05, 3.63) is 29.6 Å². The Labute approximate surface area is 131 Å². The molecule has 0 unspecified atom stereocenters. The number of ether oxygens (including phenoxy) is 1. The molecule has 0 bridgehead atoms. The van der Waals surface area contributed by atoms with E-state index in [2.05, 4.69) is 15.9 Å². The molecule has 1 aliphatic heterocycles. The molecule has 0 aromatic carbocycles. The molecule has 1 atom stereocenters. The molecule has 5 nitrogen and oxygen atoms in total. The summed E-state index contributed by atoms with van der Waals surface area (Å²) in [5.74, 6) is 0.253. The van der Waals surface area contributed by atoms with Gasteiger partial charge in [0.2, 0.25) is 5.91 Å². The molecule has 1 aromatic heterocycles. The fraction of sp³-hybridized carbons (Fsp3) is 0.647. The van der Waals surface area contributed by atoms with Crippen molar-refractivity contribution in [1.29, 1.82) is 0 Å². The van der Waals surface area contributed by atoms with Crippen LogP contribution >= 0.6 is 0 Å². The molecule has 120 valence electrons. The third-order valence-corrected chi connectivity index (χ3v) is 4.65. The number of carbonyl (C=O) groups excluding carboxylic acids is 1. The minimum atomic E-state index is 0.225. The zero-order valence-corrected chi connectivity index (χ0v) is 13.3. The second kappa shape index (κ2) is 7.09. The van der Waals surface area contributed by atoms with Crippen molar-refractivity contribution >= 4 is 5.91 Å². The van der Waals surface area contributed by atoms with E-state index in [4.69, 9.17) is 4.74 Å². The number of aromatic nitrogens is 2. The molecule has 0 spiro atoms. The predicted octanol–water partition coefficient (Wildman–Crippen LogP) is 2.69. The summed E-state index contributed by atoms with van der Waals surface area (Å²) in [5.41, 5.74) is 2.45. The van der Waals surface area contributed by atoms with E-state index in [0.29, 0.717) is 19.6 Å². The van der Waals surface area contributed by atoms with Gasteiger partial charge in [0.15, 0.2) is 0 Å². The summed E-state index contributed by atoms with van der Waals surface area (Å²) < 4.78 is 7.26. The van der Waals surface area contributed by atoms with E-state index in [-0.39, 0.29) is 11.9 Å². The Morgan fingerprint density at radius 3 is 3.14 bits per heavy atom. The molecule has 0 fully saturated rings. The summed E-state index contributed by atoms with van der Waals surface area (Å²) in [5, 5.41) is 4.41. The average molecular weight is 303 g/mol. The largest absolute Gasteiger partial charge is 0.385 e. The van der Waals surface area contributed by atoms with E-state index in [1.807, 2.05) is 17.2 Å². The first-order valence-electron chi connectivity index (χ1n) is 8.25. The molecule has 1 aromatic rings. The van der Waals surface area contributed by atoms with Gasteiger partial charge in [-0.25, -0.2) is 0 Å². The lowest BCUT2D eigenvalue weighted by Crippen LogP contribution is -2.41. The zero-order valence-electron chi connectivity index (χ0n) is 13.3. The van der Waals surface area contributed by atoms with Crippen molar-refractivity contribution in [2.24, 2.45) is 0 Å². The molecular weight excluding hydrogens is 278 g/mol. The molecule has 5 heteroatoms. The molecule has 2 heterocycles. The zero-order chi connectivity index (χ0) is 15.4. The Morgan fingerprint density at radius 2 is 2.36 bits per heavy atom. The van der Waals surface area contributed by atoms with Crippen LogP contribution in [0, 0.1) is 0 Å². The van der Waals surface area contributed by atoms with Gasteiger partial charge in [0, 0.05) is 32.9 Å². The van der Waals surface area contributed by atoms with E-state index in [9.17, 15) is 4.79 Å². The Balaban J connectivity index is 1.67. The van der Waals surface area contributed by atoms with Crippen molar-refractivity contribution in [1.82, 2.24) is 14.7 Å². The number of hydrogen-bond donors (Lipinski definition) is 0. The van der Waals surface area contributed by atoms with Crippen LogP contribution < -0.4 is 0 Å². The fourth-order valence-corrected chi connectivity index (χ4v) is 3.42. The molecule has 0 saturated carbocycles. The number of fused-ring (bicyclic) bond motifs is 1. The highest BCUT2D eigenvalue weighted by atomic mass is 16.5. The van der Waals surface area contributed by atoms with Crippen molar-refractivity contribution < 1.29 is 9.53 Å². The normalized spacial score (nSPS) is 21.4. The third-order valence-electron chi connectivity index (χ3n) is 4.65. The number of rotatable bonds is 5. The minimum absolute atomic E-state index is 0.225. The molecular formula is C17H25N3O2. The van der Waals surface area contributed by atoms with Crippen LogP contribution in [0.4, 0.5) is 0 Å². The Bertz CT molecular complexity index is 550. The average Bonchev–Trinajstić information content (AvgIpc) is 3.02. The van der Waals surface area contributed by atoms with Crippen LogP contribution in [0.5, 0.6) is 0 Å². The van der Waals surface area contributed by atoms with E-state index in [1.54, 1.807) is 7.11 Å². The maximum atomic E-state index is 12.6. The highest BCUT2D eigenvalue weighted by Crippen LogP contribution is 2.26. The van der Waals surface area contributed by atoms with Crippen molar-refractivity contribution in [3.63, 3.8) is 0 Å². The van der Waals surface area contributed by atoms with Crippen molar-refractivity contribution in [3.8, 4) is 0 Å². The Morgan fingerprint density at radius 1 is 1.45 bits per heavy atom. The first-order chi connectivity index (χ1) is 10.8. The highest BCUT2D eigenvalue weighted by molar-refractivity contribution is 5.78. The second-order valence-electron chi connectivity index (χ2n) is 6.26. The summed E-state index contributed by atoms with van der Waals surface area (Å²) in [6.07, 6.45) is 10.3. The maximum absolute atomic E-state index is 12.6. The SMILES string of the molecule is COCC[C@H]1CN(C(=O)CC2=CCCCC2)Cc2ccnn21. The Kier molecular flexibility index (Phi) is 4.93. The summed E-state index contributed by atoms with van der Waals surface area (Å²) in [6, 6.07) is 2.24. The van der Waals surface area contributed by atoms with Gasteiger partial charge in [-0.1, -0.05) is 11.6 Å². The number of amides is 1. The van der Waals surface area contributed by atoms with Crippen molar-refractivity contribution in [2.75, 3.05) is 20.3 Å². The van der Waals surface area contributed by atoms with Gasteiger partial charge in [0.25, 0.3) is 0 Å². The van der Waals surface area contributed by atoms with Crippen LogP contribution in [0.3, 0.4) is 0 Å². The summed E-state index contributed by atoms with van der Waals surface area (Å²) in [4.78, 5) is 14.6. The predicted molar refractivity (Wildman–Crippen MR) is 84.3 cm³/mol. The standard InChI is InChI=1S/C17H25N3O2/c1-22-10-8-16-13-19(12-15-7-9-18-20(15)16)17(21)11-14-5-3-2-4-6-14/h5,7,9,16H,2-4,6,8,10-13H2,1H3/t16-/m0/s1. The summed E-state index contributed by atoms with van der Waals surface area (Å²) >= 11 is 0. The van der Waals surface area contributed by atoms with E-state index in [0.717, 1.165) is 31.5 Å². The number of hydrogen-bond acceptors (Lipinski definition) is 3. The molecule has 3 rings (SSSR count). The first-order valence-corrected chi connectivity index (χ1v) is 8.25. The molecule has 0 radical (unpaired) electrons. The van der Waals surface area contributed by atoms with E-state index >= 15 is 0 Å². The monoisotopic (exact) mass is 303 g/mol. The summed E-state index contributed by atoms with van der Waals surface area (Å²) in [6.45, 7) is 2.11. The van der Waals surface area contributed by atoms with Crippen LogP contribution in [-0.4, -0.2) is 40.8 Å². The molecule has 22 heavy (non-hydrogen) atoms. The summed E-state index contributed by atoms with van der Waals surface area (Å²) in [7, 11) is 1.71. The van der Waals surface area contributed by atoms with Crippen LogP contribution in [0.25, 0.3) is 0 Å². The second-order valence-corrected chi connectivity index (χ2v) is 6.26. The first kappa shape index (κ1) is 15.3.